The third-order valence-corrected chi connectivity index (χ3v) is 13.4. The summed E-state index contributed by atoms with van der Waals surface area (Å²) in [6.07, 6.45) is 8.15. The molecule has 49 heavy (non-hydrogen) atoms. The maximum atomic E-state index is 9.83. The number of anilines is 3. The van der Waals surface area contributed by atoms with Crippen LogP contribution in [0.2, 0.25) is 0 Å². The number of hydrogen-bond donors (Lipinski definition) is 0. The summed E-state index contributed by atoms with van der Waals surface area (Å²) in [6, 6.07) is 17.3. The topological polar surface area (TPSA) is 3.24 Å². The van der Waals surface area contributed by atoms with Crippen molar-refractivity contribution < 1.29 is 12.3 Å². The predicted octanol–water partition coefficient (Wildman–Crippen LogP) is 12.9. The zero-order valence-electron chi connectivity index (χ0n) is 38.0. The van der Waals surface area contributed by atoms with E-state index in [1.54, 1.807) is 0 Å². The average molecular weight is 649 g/mol. The fourth-order valence-electron chi connectivity index (χ4n) is 11.5. The van der Waals surface area contributed by atoms with E-state index in [9.17, 15) is 5.48 Å². The van der Waals surface area contributed by atoms with Gasteiger partial charge in [0.2, 0.25) is 0 Å². The van der Waals surface area contributed by atoms with Gasteiger partial charge in [-0.05, 0) is 143 Å². The molecule has 0 radical (unpaired) electrons. The molecule has 6 aliphatic rings. The van der Waals surface area contributed by atoms with Crippen LogP contribution in [-0.4, -0.2) is 0 Å². The van der Waals surface area contributed by atoms with Gasteiger partial charge in [-0.2, -0.15) is 0 Å². The molecule has 0 heterocycles. The summed E-state index contributed by atoms with van der Waals surface area (Å²) in [4.78, 5) is 2.00. The van der Waals surface area contributed by atoms with Crippen LogP contribution >= 0.6 is 0 Å². The first kappa shape index (κ1) is 21.9. The molecule has 5 aromatic rings. The standard InChI is InChI=1S/C48H49N/c1-46(2)24-25-47(3,4)45-41(46)17-11-19-43(45)49(37-22-20-34(21-23-37)33-12-6-5-7-13-33)42-18-10-16-40-44(42)38-14-8-9-15-39(38)48(40)35-27-31-26-32(29-35)30-36(48)28-31/h5-23,31-32,35-36H,24-30H2,1-4H3/i5D,6D,7D,12D,13D,20D,21D,22D,23D. The molecule has 0 aromatic heterocycles. The van der Waals surface area contributed by atoms with Crippen LogP contribution < -0.4 is 4.90 Å². The minimum Gasteiger partial charge on any atom is -0.310 e. The largest absolute Gasteiger partial charge is 0.310 e. The number of nitrogens with zero attached hydrogens (tertiary/aromatic N) is 1. The van der Waals surface area contributed by atoms with Gasteiger partial charge in [0, 0.05) is 16.7 Å². The molecule has 1 spiro atoms. The Morgan fingerprint density at radius 3 is 1.88 bits per heavy atom. The molecule has 0 unspecified atom stereocenters. The van der Waals surface area contributed by atoms with Gasteiger partial charge in [0.05, 0.1) is 23.7 Å². The molecule has 1 nitrogen and oxygen atoms in total. The van der Waals surface area contributed by atoms with Gasteiger partial charge in [-0.25, -0.2) is 0 Å². The van der Waals surface area contributed by atoms with E-state index in [1.165, 1.54) is 54.4 Å². The lowest BCUT2D eigenvalue weighted by molar-refractivity contribution is -0.0399. The highest BCUT2D eigenvalue weighted by molar-refractivity contribution is 5.96. The summed E-state index contributed by atoms with van der Waals surface area (Å²) in [5, 5.41) is 0. The van der Waals surface area contributed by atoms with Crippen LogP contribution in [0.25, 0.3) is 22.3 Å². The SMILES string of the molecule is [2H]c1c([2H])c([2H])c(-c2c([2H])c([2H])c(N(c3cccc4c3-c3ccccc3C43C4CC5CC(C4)CC3C5)c3cccc4c3C(C)(C)CCC4(C)C)c([2H])c2[2H])c([2H])c1[2H]. The highest BCUT2D eigenvalue weighted by Crippen LogP contribution is 2.70. The average Bonchev–Trinajstić information content (AvgIpc) is 3.50. The molecule has 0 saturated heterocycles. The molecule has 11 rings (SSSR count). The minimum atomic E-state index is -0.587. The van der Waals surface area contributed by atoms with Gasteiger partial charge in [0.1, 0.15) is 0 Å². The van der Waals surface area contributed by atoms with Crippen LogP contribution in [0.3, 0.4) is 0 Å². The number of fused-ring (bicyclic) bond motifs is 4. The Hall–Kier alpha value is -4.10. The highest BCUT2D eigenvalue weighted by Gasteiger charge is 2.62. The Kier molecular flexibility index (Phi) is 4.67. The Bertz CT molecular complexity index is 2520. The second kappa shape index (κ2) is 10.5. The van der Waals surface area contributed by atoms with Crippen molar-refractivity contribution in [3.63, 3.8) is 0 Å². The summed E-state index contributed by atoms with van der Waals surface area (Å²) in [7, 11) is 0. The predicted molar refractivity (Wildman–Crippen MR) is 205 cm³/mol. The Morgan fingerprint density at radius 1 is 0.571 bits per heavy atom. The summed E-state index contributed by atoms with van der Waals surface area (Å²) in [6.45, 7) is 9.06. The van der Waals surface area contributed by atoms with Gasteiger partial charge in [-0.3, -0.25) is 0 Å². The zero-order valence-corrected chi connectivity index (χ0v) is 29.0. The fourth-order valence-corrected chi connectivity index (χ4v) is 11.5. The van der Waals surface area contributed by atoms with Crippen LogP contribution in [0.4, 0.5) is 17.1 Å². The summed E-state index contributed by atoms with van der Waals surface area (Å²) < 4.78 is 81.1. The van der Waals surface area contributed by atoms with Crippen molar-refractivity contribution in [2.24, 2.45) is 23.7 Å². The maximum Gasteiger partial charge on any atom is 0.0645 e. The maximum absolute atomic E-state index is 9.83. The molecule has 6 aliphatic carbocycles. The lowest BCUT2D eigenvalue weighted by atomic mass is 9.43. The van der Waals surface area contributed by atoms with Crippen LogP contribution in [0.5, 0.6) is 0 Å². The van der Waals surface area contributed by atoms with Gasteiger partial charge >= 0.3 is 0 Å². The molecule has 0 N–H and O–H groups in total. The van der Waals surface area contributed by atoms with E-state index < -0.39 is 42.3 Å². The summed E-state index contributed by atoms with van der Waals surface area (Å²) in [5.74, 6) is 2.59. The lowest BCUT2D eigenvalue weighted by Crippen LogP contribution is -2.55. The van der Waals surface area contributed by atoms with E-state index in [0.29, 0.717) is 11.8 Å². The first-order chi connectivity index (χ1) is 27.5. The van der Waals surface area contributed by atoms with Crippen LogP contribution in [0.1, 0.15) is 107 Å². The van der Waals surface area contributed by atoms with Crippen LogP contribution in [0.15, 0.2) is 115 Å². The molecule has 0 atom stereocenters. The van der Waals surface area contributed by atoms with Crippen molar-refractivity contribution in [1.29, 1.82) is 0 Å². The molecule has 5 aromatic carbocycles. The Morgan fingerprint density at radius 2 is 1.16 bits per heavy atom. The fraction of sp³-hybridized carbons (Fsp3) is 0.375. The van der Waals surface area contributed by atoms with Crippen molar-refractivity contribution in [2.45, 2.75) is 88.9 Å². The number of benzene rings is 5. The summed E-state index contributed by atoms with van der Waals surface area (Å²) in [5.41, 5.74) is 7.72. The second-order valence-corrected chi connectivity index (χ2v) is 16.9. The normalized spacial score (nSPS) is 30.4. The van der Waals surface area contributed by atoms with Crippen LogP contribution in [-0.2, 0) is 16.2 Å². The van der Waals surface area contributed by atoms with E-state index in [1.807, 2.05) is 4.90 Å². The van der Waals surface area contributed by atoms with Crippen molar-refractivity contribution in [3.05, 3.63) is 137 Å². The molecule has 4 saturated carbocycles. The van der Waals surface area contributed by atoms with Gasteiger partial charge in [0.25, 0.3) is 0 Å². The van der Waals surface area contributed by atoms with Gasteiger partial charge in [-0.15, -0.1) is 0 Å². The molecular weight excluding hydrogens is 591 g/mol. The quantitative estimate of drug-likeness (QED) is 0.187. The van der Waals surface area contributed by atoms with E-state index in [-0.39, 0.29) is 45.1 Å². The van der Waals surface area contributed by atoms with Gasteiger partial charge in [-0.1, -0.05) is 119 Å². The molecule has 0 aliphatic heterocycles. The molecular formula is C48H49N. The number of hydrogen-bond acceptors (Lipinski definition) is 1. The highest BCUT2D eigenvalue weighted by atomic mass is 15.1. The smallest absolute Gasteiger partial charge is 0.0645 e. The van der Waals surface area contributed by atoms with Gasteiger partial charge < -0.3 is 4.90 Å². The third-order valence-electron chi connectivity index (χ3n) is 13.4. The molecule has 1 heteroatoms. The van der Waals surface area contributed by atoms with Crippen molar-refractivity contribution in [2.75, 3.05) is 4.90 Å². The van der Waals surface area contributed by atoms with Crippen molar-refractivity contribution in [1.82, 2.24) is 0 Å². The zero-order chi connectivity index (χ0) is 41.0. The third kappa shape index (κ3) is 4.17. The summed E-state index contributed by atoms with van der Waals surface area (Å²) >= 11 is 0. The lowest BCUT2D eigenvalue weighted by Gasteiger charge is -2.61. The van der Waals surface area contributed by atoms with Crippen molar-refractivity contribution >= 4 is 17.1 Å². The minimum absolute atomic E-state index is 0.0793. The van der Waals surface area contributed by atoms with E-state index in [4.69, 9.17) is 6.85 Å². The molecule has 4 fully saturated rings. The van der Waals surface area contributed by atoms with E-state index in [2.05, 4.69) is 88.4 Å². The van der Waals surface area contributed by atoms with E-state index >= 15 is 0 Å². The van der Waals surface area contributed by atoms with Gasteiger partial charge in [0.15, 0.2) is 0 Å². The molecule has 246 valence electrons. The molecule has 0 amide bonds. The first-order valence-corrected chi connectivity index (χ1v) is 18.4. The Balaban J connectivity index is 1.31. The molecule has 4 bridgehead atoms. The Labute approximate surface area is 306 Å². The number of rotatable bonds is 4. The second-order valence-electron chi connectivity index (χ2n) is 16.9. The van der Waals surface area contributed by atoms with Crippen molar-refractivity contribution in [3.8, 4) is 22.3 Å². The first-order valence-electron chi connectivity index (χ1n) is 22.9. The van der Waals surface area contributed by atoms with Crippen LogP contribution in [0, 0.1) is 23.7 Å². The monoisotopic (exact) mass is 648 g/mol. The van der Waals surface area contributed by atoms with E-state index in [0.717, 1.165) is 47.2 Å².